The van der Waals surface area contributed by atoms with Crippen LogP contribution in [0.25, 0.3) is 16.6 Å². The van der Waals surface area contributed by atoms with E-state index in [1.54, 1.807) is 69.2 Å². The second kappa shape index (κ2) is 11.0. The van der Waals surface area contributed by atoms with Gasteiger partial charge in [-0.05, 0) is 58.5 Å². The first-order chi connectivity index (χ1) is 18.5. The first-order valence-electron chi connectivity index (χ1n) is 11.6. The molecule has 2 aromatic carbocycles. The molecule has 5 rings (SSSR count). The Morgan fingerprint density at radius 3 is 2.39 bits per heavy atom. The van der Waals surface area contributed by atoms with E-state index in [0.29, 0.717) is 43.5 Å². The summed E-state index contributed by atoms with van der Waals surface area (Å²) in [6.45, 7) is 0. The minimum Gasteiger partial charge on any atom is -0.493 e. The lowest BCUT2D eigenvalue weighted by Gasteiger charge is -2.12. The van der Waals surface area contributed by atoms with Gasteiger partial charge in [0.05, 0.1) is 25.3 Å². The highest BCUT2D eigenvalue weighted by atomic mass is 127. The zero-order chi connectivity index (χ0) is 26.6. The lowest BCUT2D eigenvalue weighted by atomic mass is 10.1. The maximum Gasteiger partial charge on any atom is 0.267 e. The smallest absolute Gasteiger partial charge is 0.267 e. The molecule has 0 spiro atoms. The molecule has 190 valence electrons. The van der Waals surface area contributed by atoms with Crippen molar-refractivity contribution < 1.29 is 19.0 Å². The maximum absolute atomic E-state index is 13.2. The van der Waals surface area contributed by atoms with Gasteiger partial charge in [0.2, 0.25) is 5.88 Å². The monoisotopic (exact) mass is 619 g/mol. The van der Waals surface area contributed by atoms with Gasteiger partial charge in [0, 0.05) is 51.8 Å². The summed E-state index contributed by atoms with van der Waals surface area (Å²) >= 11 is 2.02. The van der Waals surface area contributed by atoms with Gasteiger partial charge in [-0.25, -0.2) is 4.98 Å². The molecule has 0 bridgehead atoms. The van der Waals surface area contributed by atoms with Crippen LogP contribution in [-0.4, -0.2) is 34.5 Å². The molecule has 0 aliphatic heterocycles. The summed E-state index contributed by atoms with van der Waals surface area (Å²) < 4.78 is 18.9. The number of fused-ring (bicyclic) bond motifs is 1. The summed E-state index contributed by atoms with van der Waals surface area (Å²) in [6.07, 6.45) is 4.93. The molecule has 0 atom stereocenters. The molecule has 0 saturated heterocycles. The number of halogens is 1. The van der Waals surface area contributed by atoms with Gasteiger partial charge < -0.3 is 14.2 Å². The maximum atomic E-state index is 13.2. The third kappa shape index (κ3) is 5.10. The van der Waals surface area contributed by atoms with Gasteiger partial charge in [-0.1, -0.05) is 24.3 Å². The fraction of sp³-hybridized carbons (Fsp3) is 0.103. The van der Waals surface area contributed by atoms with Crippen molar-refractivity contribution in [1.29, 1.82) is 0 Å². The molecule has 3 aromatic heterocycles. The number of Topliss-reactive ketones (excluding diaryl/α,β-unsaturated/α-hetero) is 1. The quantitative estimate of drug-likeness (QED) is 0.165. The summed E-state index contributed by atoms with van der Waals surface area (Å²) in [5, 5.41) is 0.736. The molecule has 3 heterocycles. The first-order valence-corrected chi connectivity index (χ1v) is 12.7. The number of methoxy groups -OCH3 is 2. The largest absolute Gasteiger partial charge is 0.493 e. The third-order valence-electron chi connectivity index (χ3n) is 5.94. The van der Waals surface area contributed by atoms with Gasteiger partial charge in [-0.15, -0.1) is 0 Å². The zero-order valence-electron chi connectivity index (χ0n) is 20.6. The Kier molecular flexibility index (Phi) is 7.36. The number of para-hydroxylation sites is 1. The number of pyridine rings is 3. The van der Waals surface area contributed by atoms with Crippen LogP contribution in [0, 0.1) is 3.57 Å². The van der Waals surface area contributed by atoms with E-state index in [0.717, 1.165) is 5.39 Å². The topological polar surface area (TPSA) is 92.5 Å². The van der Waals surface area contributed by atoms with Crippen molar-refractivity contribution in [3.63, 3.8) is 0 Å². The standard InChI is InChI=1S/C29H22IN3O5/c1-36-25-15-20-22(16-26(25)37-2)31-12-10-24(20)38-27-9-8-18(17-32-27)14-23(34)28-21(30)11-13-33(29(28)35)19-6-4-3-5-7-19/h3-13,15-17H,14H2,1-2H3. The zero-order valence-corrected chi connectivity index (χ0v) is 22.7. The van der Waals surface area contributed by atoms with Crippen LogP contribution in [0.15, 0.2) is 90.1 Å². The van der Waals surface area contributed by atoms with Crippen molar-refractivity contribution >= 4 is 39.3 Å². The number of ketones is 1. The Morgan fingerprint density at radius 2 is 1.68 bits per heavy atom. The Labute approximate surface area is 232 Å². The van der Waals surface area contributed by atoms with Crippen LogP contribution in [0.1, 0.15) is 15.9 Å². The highest BCUT2D eigenvalue weighted by Crippen LogP contribution is 2.36. The average Bonchev–Trinajstić information content (AvgIpc) is 2.94. The number of nitrogens with zero attached hydrogens (tertiary/aromatic N) is 3. The van der Waals surface area contributed by atoms with Crippen LogP contribution in [-0.2, 0) is 6.42 Å². The number of benzene rings is 2. The summed E-state index contributed by atoms with van der Waals surface area (Å²) in [6, 6.07) is 19.7. The van der Waals surface area contributed by atoms with E-state index in [1.807, 2.05) is 52.9 Å². The van der Waals surface area contributed by atoms with Gasteiger partial charge in [0.25, 0.3) is 5.56 Å². The number of carbonyl (C=O) groups is 1. The second-order valence-corrected chi connectivity index (χ2v) is 9.45. The molecular formula is C29H22IN3O5. The summed E-state index contributed by atoms with van der Waals surface area (Å²) in [4.78, 5) is 35.1. The Hall–Kier alpha value is -4.25. The van der Waals surface area contributed by atoms with Gasteiger partial charge in [0.15, 0.2) is 17.3 Å². The van der Waals surface area contributed by atoms with Crippen LogP contribution in [0.5, 0.6) is 23.1 Å². The number of aromatic nitrogens is 3. The number of rotatable bonds is 8. The van der Waals surface area contributed by atoms with Crippen molar-refractivity contribution in [1.82, 2.24) is 14.5 Å². The van der Waals surface area contributed by atoms with Crippen molar-refractivity contribution in [2.75, 3.05) is 14.2 Å². The van der Waals surface area contributed by atoms with Crippen LogP contribution in [0.3, 0.4) is 0 Å². The Bertz CT molecular complexity index is 1690. The van der Waals surface area contributed by atoms with Crippen LogP contribution < -0.4 is 19.8 Å². The third-order valence-corrected chi connectivity index (χ3v) is 6.84. The first kappa shape index (κ1) is 25.4. The minimum absolute atomic E-state index is 0.0342. The van der Waals surface area contributed by atoms with Gasteiger partial charge >= 0.3 is 0 Å². The van der Waals surface area contributed by atoms with E-state index in [1.165, 1.54) is 4.57 Å². The lowest BCUT2D eigenvalue weighted by molar-refractivity contribution is 0.0990. The van der Waals surface area contributed by atoms with Crippen LogP contribution in [0.4, 0.5) is 0 Å². The number of hydrogen-bond acceptors (Lipinski definition) is 7. The van der Waals surface area contributed by atoms with E-state index >= 15 is 0 Å². The fourth-order valence-electron chi connectivity index (χ4n) is 4.06. The molecule has 0 aliphatic carbocycles. The summed E-state index contributed by atoms with van der Waals surface area (Å²) in [5.41, 5.74) is 1.85. The number of carbonyl (C=O) groups excluding carboxylic acids is 1. The SMILES string of the molecule is COc1cc2nccc(Oc3ccc(CC(=O)c4c(I)ccn(-c5ccccc5)c4=O)cn3)c2cc1OC. The molecular weight excluding hydrogens is 597 g/mol. The van der Waals surface area contributed by atoms with E-state index in [-0.39, 0.29) is 23.3 Å². The van der Waals surface area contributed by atoms with E-state index < -0.39 is 0 Å². The molecule has 0 radical (unpaired) electrons. The van der Waals surface area contributed by atoms with Gasteiger partial charge in [0.1, 0.15) is 5.75 Å². The van der Waals surface area contributed by atoms with Crippen molar-refractivity contribution in [3.8, 4) is 28.8 Å². The van der Waals surface area contributed by atoms with Crippen molar-refractivity contribution in [2.45, 2.75) is 6.42 Å². The lowest BCUT2D eigenvalue weighted by Crippen LogP contribution is -2.27. The Morgan fingerprint density at radius 1 is 0.921 bits per heavy atom. The van der Waals surface area contributed by atoms with Crippen molar-refractivity contribution in [2.24, 2.45) is 0 Å². The van der Waals surface area contributed by atoms with Crippen LogP contribution in [0.2, 0.25) is 0 Å². The fourth-order valence-corrected chi connectivity index (χ4v) is 4.75. The predicted octanol–water partition coefficient (Wildman–Crippen LogP) is 5.62. The number of ether oxygens (including phenoxy) is 3. The second-order valence-electron chi connectivity index (χ2n) is 8.29. The molecule has 8 nitrogen and oxygen atoms in total. The molecule has 0 fully saturated rings. The molecule has 38 heavy (non-hydrogen) atoms. The minimum atomic E-state index is -0.349. The molecule has 0 unspecified atom stereocenters. The highest BCUT2D eigenvalue weighted by molar-refractivity contribution is 14.1. The summed E-state index contributed by atoms with van der Waals surface area (Å²) in [5.74, 6) is 1.75. The molecule has 5 aromatic rings. The van der Waals surface area contributed by atoms with Gasteiger partial charge in [-0.2, -0.15) is 0 Å². The van der Waals surface area contributed by atoms with Gasteiger partial charge in [-0.3, -0.25) is 19.1 Å². The highest BCUT2D eigenvalue weighted by Gasteiger charge is 2.18. The van der Waals surface area contributed by atoms with E-state index in [9.17, 15) is 9.59 Å². The predicted molar refractivity (Wildman–Crippen MR) is 152 cm³/mol. The molecule has 0 amide bonds. The molecule has 0 saturated carbocycles. The van der Waals surface area contributed by atoms with Crippen molar-refractivity contribution in [3.05, 3.63) is 110 Å². The molecule has 9 heteroatoms. The number of hydrogen-bond donors (Lipinski definition) is 0. The average molecular weight is 619 g/mol. The summed E-state index contributed by atoms with van der Waals surface area (Å²) in [7, 11) is 3.13. The van der Waals surface area contributed by atoms with E-state index in [4.69, 9.17) is 14.2 Å². The van der Waals surface area contributed by atoms with E-state index in [2.05, 4.69) is 9.97 Å². The molecule has 0 aliphatic rings. The normalized spacial score (nSPS) is 10.8. The Balaban J connectivity index is 1.37. The van der Waals surface area contributed by atoms with Crippen LogP contribution >= 0.6 is 22.6 Å². The molecule has 0 N–H and O–H groups in total.